The van der Waals surface area contributed by atoms with Gasteiger partial charge < -0.3 is 10.5 Å². The van der Waals surface area contributed by atoms with Crippen LogP contribution in [0.15, 0.2) is 18.2 Å². The van der Waals surface area contributed by atoms with E-state index in [2.05, 4.69) is 0 Å². The van der Waals surface area contributed by atoms with Crippen LogP contribution in [0, 0.1) is 5.82 Å². The van der Waals surface area contributed by atoms with Gasteiger partial charge in [0.15, 0.2) is 11.6 Å². The first-order valence-electron chi connectivity index (χ1n) is 4.89. The van der Waals surface area contributed by atoms with Gasteiger partial charge in [-0.05, 0) is 31.0 Å². The monoisotopic (exact) mass is 197 g/mol. The predicted molar refractivity (Wildman–Crippen MR) is 54.9 cm³/mol. The minimum Gasteiger partial charge on any atom is -0.490 e. The quantitative estimate of drug-likeness (QED) is 0.784. The highest BCUT2D eigenvalue weighted by atomic mass is 19.1. The van der Waals surface area contributed by atoms with Crippen LogP contribution in [0.3, 0.4) is 0 Å². The molecule has 2 nitrogen and oxygen atoms in total. The Morgan fingerprint density at radius 1 is 1.43 bits per heavy atom. The molecule has 0 bridgehead atoms. The van der Waals surface area contributed by atoms with Crippen LogP contribution in [-0.2, 0) is 6.42 Å². The van der Waals surface area contributed by atoms with Gasteiger partial charge in [-0.3, -0.25) is 0 Å². The summed E-state index contributed by atoms with van der Waals surface area (Å²) in [6.45, 7) is 3.04. The Balaban J connectivity index is 2.84. The molecule has 0 atom stereocenters. The van der Waals surface area contributed by atoms with Gasteiger partial charge in [0.2, 0.25) is 0 Å². The van der Waals surface area contributed by atoms with Crippen LogP contribution in [0.5, 0.6) is 5.75 Å². The first-order valence-corrected chi connectivity index (χ1v) is 4.89. The maximum absolute atomic E-state index is 13.3. The second kappa shape index (κ2) is 5.60. The third-order valence-electron chi connectivity index (χ3n) is 1.91. The van der Waals surface area contributed by atoms with Crippen molar-refractivity contribution in [1.82, 2.24) is 0 Å². The lowest BCUT2D eigenvalue weighted by atomic mass is 10.1. The van der Waals surface area contributed by atoms with E-state index < -0.39 is 0 Å². The van der Waals surface area contributed by atoms with Gasteiger partial charge in [-0.25, -0.2) is 4.39 Å². The number of halogens is 1. The third kappa shape index (κ3) is 2.70. The zero-order chi connectivity index (χ0) is 10.4. The molecule has 0 aliphatic heterocycles. The molecular weight excluding hydrogens is 181 g/mol. The van der Waals surface area contributed by atoms with Crippen LogP contribution in [0.25, 0.3) is 0 Å². The number of hydrogen-bond acceptors (Lipinski definition) is 2. The molecule has 0 unspecified atom stereocenters. The lowest BCUT2D eigenvalue weighted by Gasteiger charge is -2.10. The van der Waals surface area contributed by atoms with Crippen LogP contribution in [0.1, 0.15) is 18.9 Å². The van der Waals surface area contributed by atoms with Gasteiger partial charge in [-0.2, -0.15) is 0 Å². The van der Waals surface area contributed by atoms with Crippen LogP contribution in [-0.4, -0.2) is 13.2 Å². The van der Waals surface area contributed by atoms with Gasteiger partial charge in [0.25, 0.3) is 0 Å². The number of benzene rings is 1. The average molecular weight is 197 g/mol. The molecular formula is C11H16FNO. The Hall–Kier alpha value is -1.09. The van der Waals surface area contributed by atoms with Crippen molar-refractivity contribution in [3.8, 4) is 5.75 Å². The van der Waals surface area contributed by atoms with Gasteiger partial charge in [-0.15, -0.1) is 0 Å². The van der Waals surface area contributed by atoms with Crippen LogP contribution in [0.2, 0.25) is 0 Å². The Morgan fingerprint density at radius 2 is 2.21 bits per heavy atom. The molecule has 0 aromatic heterocycles. The predicted octanol–water partition coefficient (Wildman–Crippen LogP) is 2.12. The fourth-order valence-corrected chi connectivity index (χ4v) is 1.27. The van der Waals surface area contributed by atoms with Crippen molar-refractivity contribution in [2.45, 2.75) is 19.8 Å². The minimum absolute atomic E-state index is 0.301. The lowest BCUT2D eigenvalue weighted by Crippen LogP contribution is -2.07. The fraction of sp³-hybridized carbons (Fsp3) is 0.455. The van der Waals surface area contributed by atoms with E-state index in [1.165, 1.54) is 6.07 Å². The minimum atomic E-state index is -0.301. The summed E-state index contributed by atoms with van der Waals surface area (Å²) in [5.41, 5.74) is 6.28. The summed E-state index contributed by atoms with van der Waals surface area (Å²) >= 11 is 0. The molecule has 3 heteroatoms. The Labute approximate surface area is 83.9 Å². The molecule has 0 amide bonds. The molecule has 2 N–H and O–H groups in total. The molecule has 0 fully saturated rings. The van der Waals surface area contributed by atoms with Crippen molar-refractivity contribution in [1.29, 1.82) is 0 Å². The van der Waals surface area contributed by atoms with Crippen LogP contribution in [0.4, 0.5) is 4.39 Å². The summed E-state index contributed by atoms with van der Waals surface area (Å²) in [5, 5.41) is 0. The van der Waals surface area contributed by atoms with E-state index in [9.17, 15) is 4.39 Å². The van der Waals surface area contributed by atoms with E-state index >= 15 is 0 Å². The second-order valence-corrected chi connectivity index (χ2v) is 3.12. The summed E-state index contributed by atoms with van der Waals surface area (Å²) < 4.78 is 18.7. The highest BCUT2D eigenvalue weighted by Gasteiger charge is 2.08. The third-order valence-corrected chi connectivity index (χ3v) is 1.91. The van der Waals surface area contributed by atoms with E-state index in [0.717, 1.165) is 12.0 Å². The fourth-order valence-electron chi connectivity index (χ4n) is 1.27. The maximum atomic E-state index is 13.3. The van der Waals surface area contributed by atoms with Gasteiger partial charge in [0, 0.05) is 0 Å². The highest BCUT2D eigenvalue weighted by molar-refractivity contribution is 5.35. The number of para-hydroxylation sites is 1. The second-order valence-electron chi connectivity index (χ2n) is 3.12. The summed E-state index contributed by atoms with van der Waals surface area (Å²) in [7, 11) is 0. The van der Waals surface area contributed by atoms with Crippen molar-refractivity contribution in [3.05, 3.63) is 29.6 Å². The van der Waals surface area contributed by atoms with Crippen molar-refractivity contribution in [2.24, 2.45) is 5.73 Å². The molecule has 78 valence electrons. The molecule has 1 aromatic carbocycles. The highest BCUT2D eigenvalue weighted by Crippen LogP contribution is 2.22. The van der Waals surface area contributed by atoms with Crippen molar-refractivity contribution >= 4 is 0 Å². The zero-order valence-corrected chi connectivity index (χ0v) is 8.42. The molecule has 0 saturated carbocycles. The first kappa shape index (κ1) is 11.0. The molecule has 0 saturated heterocycles. The Kier molecular flexibility index (Phi) is 4.40. The lowest BCUT2D eigenvalue weighted by molar-refractivity contribution is 0.298. The maximum Gasteiger partial charge on any atom is 0.165 e. The molecule has 1 rings (SSSR count). The largest absolute Gasteiger partial charge is 0.490 e. The van der Waals surface area contributed by atoms with Crippen molar-refractivity contribution in [2.75, 3.05) is 13.2 Å². The molecule has 0 aliphatic carbocycles. The standard InChI is InChI=1S/C11H16FNO/c1-2-8-14-11-9(6-7-13)4-3-5-10(11)12/h3-5H,2,6-8,13H2,1H3. The van der Waals surface area contributed by atoms with Crippen molar-refractivity contribution < 1.29 is 9.13 Å². The smallest absolute Gasteiger partial charge is 0.165 e. The number of ether oxygens (including phenoxy) is 1. The Morgan fingerprint density at radius 3 is 2.86 bits per heavy atom. The van der Waals surface area contributed by atoms with Gasteiger partial charge in [0.1, 0.15) is 0 Å². The molecule has 0 spiro atoms. The summed E-state index contributed by atoms with van der Waals surface area (Å²) in [6.07, 6.45) is 1.52. The van der Waals surface area contributed by atoms with Crippen LogP contribution >= 0.6 is 0 Å². The van der Waals surface area contributed by atoms with Crippen LogP contribution < -0.4 is 10.5 Å². The molecule has 0 radical (unpaired) electrons. The zero-order valence-electron chi connectivity index (χ0n) is 8.42. The summed E-state index contributed by atoms with van der Waals surface area (Å²) in [5.74, 6) is 0.0594. The number of nitrogens with two attached hydrogens (primary N) is 1. The van der Waals surface area contributed by atoms with E-state index in [4.69, 9.17) is 10.5 Å². The van der Waals surface area contributed by atoms with E-state index in [-0.39, 0.29) is 5.82 Å². The summed E-state index contributed by atoms with van der Waals surface area (Å²) in [4.78, 5) is 0. The SMILES string of the molecule is CCCOc1c(F)cccc1CCN. The molecule has 1 aromatic rings. The van der Waals surface area contributed by atoms with Crippen molar-refractivity contribution in [3.63, 3.8) is 0 Å². The number of hydrogen-bond donors (Lipinski definition) is 1. The van der Waals surface area contributed by atoms with Gasteiger partial charge in [0.05, 0.1) is 6.61 Å². The van der Waals surface area contributed by atoms with Gasteiger partial charge >= 0.3 is 0 Å². The molecule has 14 heavy (non-hydrogen) atoms. The molecule has 0 aliphatic rings. The average Bonchev–Trinajstić information content (AvgIpc) is 2.18. The van der Waals surface area contributed by atoms with Gasteiger partial charge in [-0.1, -0.05) is 19.1 Å². The Bertz CT molecular complexity index is 289. The summed E-state index contributed by atoms with van der Waals surface area (Å²) in [6, 6.07) is 4.94. The van der Waals surface area contributed by atoms with E-state index in [1.807, 2.05) is 13.0 Å². The van der Waals surface area contributed by atoms with E-state index in [0.29, 0.717) is 25.3 Å². The normalized spacial score (nSPS) is 10.2. The first-order chi connectivity index (χ1) is 6.79. The number of rotatable bonds is 5. The molecule has 0 heterocycles. The topological polar surface area (TPSA) is 35.2 Å². The van der Waals surface area contributed by atoms with E-state index in [1.54, 1.807) is 6.07 Å².